The summed E-state index contributed by atoms with van der Waals surface area (Å²) in [6.07, 6.45) is 6.28. The number of nitrogens with two attached hydrogens (primary N) is 1. The number of anilines is 1. The van der Waals surface area contributed by atoms with Crippen LogP contribution in [0.3, 0.4) is 0 Å². The van der Waals surface area contributed by atoms with Crippen LogP contribution < -0.4 is 10.6 Å². The predicted molar refractivity (Wildman–Crippen MR) is 86.5 cm³/mol. The SMILES string of the molecule is CCC1CCCCCN1c1ccc(/C(N)=N/O)cc1Br. The second kappa shape index (κ2) is 6.97. The molecule has 1 atom stereocenters. The lowest BCUT2D eigenvalue weighted by Crippen LogP contribution is -2.34. The fourth-order valence-electron chi connectivity index (χ4n) is 2.88. The van der Waals surface area contributed by atoms with Crippen LogP contribution in [0.1, 0.15) is 44.6 Å². The maximum absolute atomic E-state index is 8.75. The van der Waals surface area contributed by atoms with Crippen LogP contribution in [0.2, 0.25) is 0 Å². The molecule has 1 aromatic carbocycles. The summed E-state index contributed by atoms with van der Waals surface area (Å²) < 4.78 is 1.00. The molecule has 0 amide bonds. The molecule has 1 aliphatic rings. The molecule has 1 unspecified atom stereocenters. The Morgan fingerprint density at radius 1 is 1.45 bits per heavy atom. The van der Waals surface area contributed by atoms with Crippen LogP contribution in [0.25, 0.3) is 0 Å². The Balaban J connectivity index is 2.31. The summed E-state index contributed by atoms with van der Waals surface area (Å²) in [5.41, 5.74) is 7.57. The number of rotatable bonds is 3. The molecule has 1 aromatic rings. The van der Waals surface area contributed by atoms with Crippen LogP contribution >= 0.6 is 15.9 Å². The maximum atomic E-state index is 8.75. The quantitative estimate of drug-likeness (QED) is 0.382. The summed E-state index contributed by atoms with van der Waals surface area (Å²) in [6, 6.07) is 6.49. The number of amidine groups is 1. The minimum absolute atomic E-state index is 0.139. The Morgan fingerprint density at radius 3 is 2.90 bits per heavy atom. The lowest BCUT2D eigenvalue weighted by molar-refractivity contribution is 0.318. The number of hydrogen-bond acceptors (Lipinski definition) is 3. The van der Waals surface area contributed by atoms with Crippen molar-refractivity contribution in [1.29, 1.82) is 0 Å². The Kier molecular flexibility index (Phi) is 5.29. The molecule has 1 fully saturated rings. The van der Waals surface area contributed by atoms with Gasteiger partial charge in [-0.1, -0.05) is 24.9 Å². The van der Waals surface area contributed by atoms with Gasteiger partial charge in [-0.05, 0) is 53.4 Å². The second-order valence-corrected chi connectivity index (χ2v) is 6.11. The van der Waals surface area contributed by atoms with Crippen LogP contribution in [0.4, 0.5) is 5.69 Å². The first kappa shape index (κ1) is 15.2. The first-order chi connectivity index (χ1) is 9.67. The molecular formula is C15H22BrN3O. The van der Waals surface area contributed by atoms with Crippen molar-refractivity contribution in [3.05, 3.63) is 28.2 Å². The van der Waals surface area contributed by atoms with E-state index in [4.69, 9.17) is 10.9 Å². The highest BCUT2D eigenvalue weighted by Crippen LogP contribution is 2.32. The summed E-state index contributed by atoms with van der Waals surface area (Å²) in [5, 5.41) is 11.8. The maximum Gasteiger partial charge on any atom is 0.170 e. The van der Waals surface area contributed by atoms with Crippen molar-refractivity contribution >= 4 is 27.5 Å². The van der Waals surface area contributed by atoms with Crippen molar-refractivity contribution in [1.82, 2.24) is 0 Å². The van der Waals surface area contributed by atoms with Crippen molar-refractivity contribution in [3.63, 3.8) is 0 Å². The van der Waals surface area contributed by atoms with Crippen molar-refractivity contribution in [2.75, 3.05) is 11.4 Å². The Morgan fingerprint density at radius 2 is 2.25 bits per heavy atom. The summed E-state index contributed by atoms with van der Waals surface area (Å²) in [5.74, 6) is 0.139. The van der Waals surface area contributed by atoms with E-state index in [1.807, 2.05) is 12.1 Å². The Labute approximate surface area is 128 Å². The van der Waals surface area contributed by atoms with E-state index >= 15 is 0 Å². The zero-order valence-electron chi connectivity index (χ0n) is 11.8. The fourth-order valence-corrected chi connectivity index (χ4v) is 3.48. The largest absolute Gasteiger partial charge is 0.409 e. The average Bonchev–Trinajstić information content (AvgIpc) is 2.71. The lowest BCUT2D eigenvalue weighted by atomic mass is 10.1. The molecule has 20 heavy (non-hydrogen) atoms. The summed E-state index contributed by atoms with van der Waals surface area (Å²) in [6.45, 7) is 3.35. The topological polar surface area (TPSA) is 61.8 Å². The molecule has 1 saturated heterocycles. The van der Waals surface area contributed by atoms with Crippen molar-refractivity contribution in [2.24, 2.45) is 10.9 Å². The first-order valence-corrected chi connectivity index (χ1v) is 8.00. The molecule has 0 saturated carbocycles. The number of nitrogens with zero attached hydrogens (tertiary/aromatic N) is 2. The molecule has 1 aliphatic heterocycles. The van der Waals surface area contributed by atoms with E-state index in [9.17, 15) is 0 Å². The van der Waals surface area contributed by atoms with Gasteiger partial charge in [-0.25, -0.2) is 0 Å². The predicted octanol–water partition coefficient (Wildman–Crippen LogP) is 3.70. The van der Waals surface area contributed by atoms with E-state index in [0.717, 1.165) is 23.0 Å². The highest BCUT2D eigenvalue weighted by molar-refractivity contribution is 9.10. The van der Waals surface area contributed by atoms with Gasteiger partial charge in [-0.3, -0.25) is 0 Å². The third kappa shape index (κ3) is 3.26. The van der Waals surface area contributed by atoms with Crippen LogP contribution in [-0.2, 0) is 0 Å². The molecule has 0 aromatic heterocycles. The molecule has 1 heterocycles. The van der Waals surface area contributed by atoms with Gasteiger partial charge < -0.3 is 15.8 Å². The molecule has 2 rings (SSSR count). The normalized spacial score (nSPS) is 20.8. The molecule has 5 heteroatoms. The minimum Gasteiger partial charge on any atom is -0.409 e. The van der Waals surface area contributed by atoms with E-state index in [-0.39, 0.29) is 5.84 Å². The van der Waals surface area contributed by atoms with E-state index in [1.165, 1.54) is 31.4 Å². The molecule has 0 bridgehead atoms. The number of oxime groups is 1. The van der Waals surface area contributed by atoms with E-state index in [2.05, 4.69) is 39.0 Å². The van der Waals surface area contributed by atoms with E-state index < -0.39 is 0 Å². The van der Waals surface area contributed by atoms with Gasteiger partial charge in [0.1, 0.15) is 0 Å². The van der Waals surface area contributed by atoms with Gasteiger partial charge in [0.25, 0.3) is 0 Å². The van der Waals surface area contributed by atoms with Crippen LogP contribution in [0.15, 0.2) is 27.8 Å². The minimum atomic E-state index is 0.139. The zero-order valence-corrected chi connectivity index (χ0v) is 13.4. The van der Waals surface area contributed by atoms with Gasteiger partial charge >= 0.3 is 0 Å². The van der Waals surface area contributed by atoms with Crippen LogP contribution in [-0.4, -0.2) is 23.6 Å². The van der Waals surface area contributed by atoms with E-state index in [0.29, 0.717) is 6.04 Å². The van der Waals surface area contributed by atoms with Crippen LogP contribution in [0.5, 0.6) is 0 Å². The summed E-state index contributed by atoms with van der Waals surface area (Å²) in [4.78, 5) is 2.49. The average molecular weight is 340 g/mol. The third-order valence-electron chi connectivity index (χ3n) is 4.01. The fraction of sp³-hybridized carbons (Fsp3) is 0.533. The smallest absolute Gasteiger partial charge is 0.170 e. The molecular weight excluding hydrogens is 318 g/mol. The first-order valence-electron chi connectivity index (χ1n) is 7.21. The molecule has 110 valence electrons. The van der Waals surface area contributed by atoms with Gasteiger partial charge in [-0.15, -0.1) is 0 Å². The highest BCUT2D eigenvalue weighted by Gasteiger charge is 2.21. The zero-order chi connectivity index (χ0) is 14.5. The second-order valence-electron chi connectivity index (χ2n) is 5.26. The molecule has 0 spiro atoms. The van der Waals surface area contributed by atoms with E-state index in [1.54, 1.807) is 0 Å². The number of halogens is 1. The van der Waals surface area contributed by atoms with Crippen molar-refractivity contribution in [3.8, 4) is 0 Å². The van der Waals surface area contributed by atoms with Gasteiger partial charge in [0.15, 0.2) is 5.84 Å². The third-order valence-corrected chi connectivity index (χ3v) is 4.64. The summed E-state index contributed by atoms with van der Waals surface area (Å²) >= 11 is 3.63. The molecule has 0 aliphatic carbocycles. The molecule has 0 radical (unpaired) electrons. The van der Waals surface area contributed by atoms with Gasteiger partial charge in [0, 0.05) is 22.6 Å². The Hall–Kier alpha value is -1.23. The van der Waals surface area contributed by atoms with Gasteiger partial charge in [-0.2, -0.15) is 0 Å². The van der Waals surface area contributed by atoms with Crippen LogP contribution in [0, 0.1) is 0 Å². The molecule has 3 N–H and O–H groups in total. The lowest BCUT2D eigenvalue weighted by Gasteiger charge is -2.32. The van der Waals surface area contributed by atoms with Crippen molar-refractivity contribution in [2.45, 2.75) is 45.1 Å². The Bertz CT molecular complexity index is 490. The highest BCUT2D eigenvalue weighted by atomic mass is 79.9. The number of benzene rings is 1. The van der Waals surface area contributed by atoms with Gasteiger partial charge in [0.2, 0.25) is 0 Å². The summed E-state index contributed by atoms with van der Waals surface area (Å²) in [7, 11) is 0. The molecule has 4 nitrogen and oxygen atoms in total. The number of hydrogen-bond donors (Lipinski definition) is 2. The monoisotopic (exact) mass is 339 g/mol. The van der Waals surface area contributed by atoms with Gasteiger partial charge in [0.05, 0.1) is 5.69 Å². The van der Waals surface area contributed by atoms with Crippen molar-refractivity contribution < 1.29 is 5.21 Å². The standard InChI is InChI=1S/C15H22BrN3O/c1-2-12-6-4-3-5-9-19(12)14-8-7-11(10-13(14)16)15(17)18-20/h7-8,10,12,20H,2-6,9H2,1H3,(H2,17,18).